The quantitative estimate of drug-likeness (QED) is 0.903. The largest absolute Gasteiger partial charge is 0.365 e. The summed E-state index contributed by atoms with van der Waals surface area (Å²) in [6, 6.07) is 0. The number of rotatable bonds is 3. The highest BCUT2D eigenvalue weighted by molar-refractivity contribution is 7.09. The molecule has 5 heteroatoms. The van der Waals surface area contributed by atoms with Crippen LogP contribution >= 0.6 is 11.3 Å². The summed E-state index contributed by atoms with van der Waals surface area (Å²) in [5.41, 5.74) is 5.50. The molecule has 0 fully saturated rings. The van der Waals surface area contributed by atoms with Gasteiger partial charge in [-0.05, 0) is 26.2 Å². The van der Waals surface area contributed by atoms with Gasteiger partial charge in [-0.3, -0.25) is 0 Å². The molecule has 0 aliphatic heterocycles. The first-order valence-electron chi connectivity index (χ1n) is 5.80. The van der Waals surface area contributed by atoms with Gasteiger partial charge in [-0.2, -0.15) is 0 Å². The summed E-state index contributed by atoms with van der Waals surface area (Å²) in [6.07, 6.45) is 5.04. The van der Waals surface area contributed by atoms with Gasteiger partial charge in [0.15, 0.2) is 0 Å². The maximum absolute atomic E-state index is 4.34. The molecule has 1 aliphatic rings. The summed E-state index contributed by atoms with van der Waals surface area (Å²) in [5.74, 6) is 1.00. The van der Waals surface area contributed by atoms with Gasteiger partial charge < -0.3 is 5.32 Å². The second-order valence-electron chi connectivity index (χ2n) is 4.22. The molecular formula is C12H14N4S. The molecule has 1 N–H and O–H groups in total. The summed E-state index contributed by atoms with van der Waals surface area (Å²) < 4.78 is 0. The zero-order chi connectivity index (χ0) is 11.7. The van der Waals surface area contributed by atoms with E-state index in [0.29, 0.717) is 0 Å². The van der Waals surface area contributed by atoms with Gasteiger partial charge in [0.1, 0.15) is 12.1 Å². The lowest BCUT2D eigenvalue weighted by atomic mass is 10.2. The van der Waals surface area contributed by atoms with Crippen molar-refractivity contribution in [2.75, 3.05) is 5.32 Å². The minimum absolute atomic E-state index is 0.806. The molecule has 17 heavy (non-hydrogen) atoms. The van der Waals surface area contributed by atoms with Gasteiger partial charge in [0.25, 0.3) is 0 Å². The number of nitrogens with one attached hydrogen (secondary N) is 1. The van der Waals surface area contributed by atoms with Crippen LogP contribution < -0.4 is 5.32 Å². The molecule has 0 amide bonds. The SMILES string of the molecule is Cc1ncsc1CNc1ncnc2c1CCC2. The molecule has 1 aliphatic carbocycles. The minimum Gasteiger partial charge on any atom is -0.365 e. The van der Waals surface area contributed by atoms with Crippen LogP contribution in [0.5, 0.6) is 0 Å². The van der Waals surface area contributed by atoms with E-state index in [2.05, 4.69) is 20.3 Å². The Morgan fingerprint density at radius 1 is 1.29 bits per heavy atom. The van der Waals surface area contributed by atoms with Crippen LogP contribution in [0.4, 0.5) is 5.82 Å². The van der Waals surface area contributed by atoms with Gasteiger partial charge in [-0.25, -0.2) is 15.0 Å². The highest BCUT2D eigenvalue weighted by Gasteiger charge is 2.16. The normalized spacial score (nSPS) is 13.7. The zero-order valence-corrected chi connectivity index (χ0v) is 10.5. The third kappa shape index (κ3) is 2.02. The molecule has 2 aromatic rings. The van der Waals surface area contributed by atoms with Crippen LogP contribution in [0.15, 0.2) is 11.8 Å². The first-order valence-corrected chi connectivity index (χ1v) is 6.68. The lowest BCUT2D eigenvalue weighted by Gasteiger charge is -2.08. The number of anilines is 1. The van der Waals surface area contributed by atoms with E-state index >= 15 is 0 Å². The van der Waals surface area contributed by atoms with Crippen molar-refractivity contribution >= 4 is 17.2 Å². The fourth-order valence-electron chi connectivity index (χ4n) is 2.17. The number of aromatic nitrogens is 3. The first-order chi connectivity index (χ1) is 8.34. The smallest absolute Gasteiger partial charge is 0.133 e. The van der Waals surface area contributed by atoms with E-state index < -0.39 is 0 Å². The molecule has 0 unspecified atom stereocenters. The Labute approximate surface area is 104 Å². The Morgan fingerprint density at radius 3 is 3.06 bits per heavy atom. The zero-order valence-electron chi connectivity index (χ0n) is 9.73. The lowest BCUT2D eigenvalue weighted by Crippen LogP contribution is -2.05. The van der Waals surface area contributed by atoms with Crippen LogP contribution in [0.2, 0.25) is 0 Å². The van der Waals surface area contributed by atoms with Crippen molar-refractivity contribution in [3.8, 4) is 0 Å². The summed E-state index contributed by atoms with van der Waals surface area (Å²) in [4.78, 5) is 14.2. The van der Waals surface area contributed by atoms with Crippen LogP contribution in [-0.4, -0.2) is 15.0 Å². The van der Waals surface area contributed by atoms with Crippen molar-refractivity contribution in [2.24, 2.45) is 0 Å². The average molecular weight is 246 g/mol. The third-order valence-electron chi connectivity index (χ3n) is 3.14. The van der Waals surface area contributed by atoms with Crippen molar-refractivity contribution in [1.82, 2.24) is 15.0 Å². The molecule has 3 rings (SSSR count). The van der Waals surface area contributed by atoms with Crippen molar-refractivity contribution < 1.29 is 0 Å². The molecule has 4 nitrogen and oxygen atoms in total. The molecule has 2 heterocycles. The van der Waals surface area contributed by atoms with Gasteiger partial charge in [0.05, 0.1) is 17.7 Å². The Kier molecular flexibility index (Phi) is 2.76. The summed E-state index contributed by atoms with van der Waals surface area (Å²) in [7, 11) is 0. The van der Waals surface area contributed by atoms with E-state index in [0.717, 1.165) is 30.9 Å². The summed E-state index contributed by atoms with van der Waals surface area (Å²) in [5, 5.41) is 3.41. The fraction of sp³-hybridized carbons (Fsp3) is 0.417. The standard InChI is InChI=1S/C12H14N4S/c1-8-11(17-7-16-8)5-13-12-9-3-2-4-10(9)14-6-15-12/h6-7H,2-5H2,1H3,(H,13,14,15). The van der Waals surface area contributed by atoms with Crippen LogP contribution in [0, 0.1) is 6.92 Å². The monoisotopic (exact) mass is 246 g/mol. The third-order valence-corrected chi connectivity index (χ3v) is 4.07. The number of fused-ring (bicyclic) bond motifs is 1. The van der Waals surface area contributed by atoms with E-state index in [1.165, 1.54) is 22.6 Å². The van der Waals surface area contributed by atoms with E-state index in [-0.39, 0.29) is 0 Å². The molecule has 0 atom stereocenters. The molecular weight excluding hydrogens is 232 g/mol. The predicted molar refractivity (Wildman–Crippen MR) is 68.2 cm³/mol. The van der Waals surface area contributed by atoms with Crippen LogP contribution in [0.3, 0.4) is 0 Å². The molecule has 0 aromatic carbocycles. The highest BCUT2D eigenvalue weighted by atomic mass is 32.1. The number of nitrogens with zero attached hydrogens (tertiary/aromatic N) is 3. The summed E-state index contributed by atoms with van der Waals surface area (Å²) >= 11 is 1.69. The first kappa shape index (κ1) is 10.7. The van der Waals surface area contributed by atoms with Gasteiger partial charge in [-0.15, -0.1) is 11.3 Å². The van der Waals surface area contributed by atoms with Crippen LogP contribution in [0.25, 0.3) is 0 Å². The molecule has 2 aromatic heterocycles. The van der Waals surface area contributed by atoms with E-state index in [1.54, 1.807) is 17.7 Å². The molecule has 0 saturated heterocycles. The van der Waals surface area contributed by atoms with Crippen LogP contribution in [-0.2, 0) is 19.4 Å². The topological polar surface area (TPSA) is 50.7 Å². The Bertz CT molecular complexity index is 535. The van der Waals surface area contributed by atoms with Crippen molar-refractivity contribution in [3.05, 3.63) is 33.7 Å². The molecule has 0 bridgehead atoms. The molecule has 0 radical (unpaired) electrons. The Morgan fingerprint density at radius 2 is 2.24 bits per heavy atom. The fourth-order valence-corrected chi connectivity index (χ4v) is 2.89. The van der Waals surface area contributed by atoms with E-state index in [1.807, 2.05) is 12.4 Å². The number of aryl methyl sites for hydroxylation is 2. The van der Waals surface area contributed by atoms with Crippen molar-refractivity contribution in [1.29, 1.82) is 0 Å². The van der Waals surface area contributed by atoms with Crippen molar-refractivity contribution in [3.63, 3.8) is 0 Å². The molecule has 88 valence electrons. The van der Waals surface area contributed by atoms with Crippen molar-refractivity contribution in [2.45, 2.75) is 32.7 Å². The van der Waals surface area contributed by atoms with Gasteiger partial charge in [0.2, 0.25) is 0 Å². The summed E-state index contributed by atoms with van der Waals surface area (Å²) in [6.45, 7) is 2.85. The van der Waals surface area contributed by atoms with Gasteiger partial charge >= 0.3 is 0 Å². The molecule has 0 spiro atoms. The second kappa shape index (κ2) is 4.41. The predicted octanol–water partition coefficient (Wildman–Crippen LogP) is 2.34. The average Bonchev–Trinajstić information content (AvgIpc) is 2.95. The number of hydrogen-bond donors (Lipinski definition) is 1. The van der Waals surface area contributed by atoms with E-state index in [9.17, 15) is 0 Å². The number of thiazole rings is 1. The van der Waals surface area contributed by atoms with E-state index in [4.69, 9.17) is 0 Å². The van der Waals surface area contributed by atoms with Gasteiger partial charge in [-0.1, -0.05) is 0 Å². The minimum atomic E-state index is 0.806. The Hall–Kier alpha value is -1.49. The lowest BCUT2D eigenvalue weighted by molar-refractivity contribution is 0.899. The van der Waals surface area contributed by atoms with Crippen LogP contribution in [0.1, 0.15) is 28.2 Å². The Balaban J connectivity index is 1.78. The van der Waals surface area contributed by atoms with Gasteiger partial charge in [0, 0.05) is 16.1 Å². The number of hydrogen-bond acceptors (Lipinski definition) is 5. The maximum Gasteiger partial charge on any atom is 0.133 e. The molecule has 0 saturated carbocycles. The highest BCUT2D eigenvalue weighted by Crippen LogP contribution is 2.25. The second-order valence-corrected chi connectivity index (χ2v) is 5.15. The maximum atomic E-state index is 4.34.